The quantitative estimate of drug-likeness (QED) is 0.691. The third-order valence-electron chi connectivity index (χ3n) is 3.87. The molecule has 0 aromatic carbocycles. The Morgan fingerprint density at radius 3 is 2.56 bits per heavy atom. The van der Waals surface area contributed by atoms with Gasteiger partial charge in [-0.1, -0.05) is 12.8 Å². The standard InChI is InChI=1S/C12H21ClN2O/c1-14(2)10-5-3-4-6-11(10)15-8-9(13)7-12(15)16/h9-11H,3-8H2,1-2H3/t9?,10-,11-/m0/s1. The SMILES string of the molecule is CN(C)[C@H]1CCCC[C@@H]1N1CC(Cl)CC1=O. The highest BCUT2D eigenvalue weighted by Gasteiger charge is 2.38. The second-order valence-electron chi connectivity index (χ2n) is 5.23. The van der Waals surface area contributed by atoms with Crippen LogP contribution in [-0.4, -0.2) is 53.8 Å². The van der Waals surface area contributed by atoms with Crippen LogP contribution in [0.4, 0.5) is 0 Å². The molecular weight excluding hydrogens is 224 g/mol. The van der Waals surface area contributed by atoms with Crippen molar-refractivity contribution < 1.29 is 4.79 Å². The molecule has 1 amide bonds. The largest absolute Gasteiger partial charge is 0.337 e. The van der Waals surface area contributed by atoms with Crippen molar-refractivity contribution in [2.24, 2.45) is 0 Å². The summed E-state index contributed by atoms with van der Waals surface area (Å²) in [6.45, 7) is 0.745. The molecule has 1 aliphatic heterocycles. The third-order valence-corrected chi connectivity index (χ3v) is 4.16. The lowest BCUT2D eigenvalue weighted by atomic mass is 9.88. The van der Waals surface area contributed by atoms with Crippen LogP contribution in [0.25, 0.3) is 0 Å². The summed E-state index contributed by atoms with van der Waals surface area (Å²) in [7, 11) is 4.23. The van der Waals surface area contributed by atoms with E-state index in [1.54, 1.807) is 0 Å². The van der Waals surface area contributed by atoms with E-state index in [0.29, 0.717) is 18.5 Å². The zero-order valence-electron chi connectivity index (χ0n) is 10.2. The fourth-order valence-corrected chi connectivity index (χ4v) is 3.35. The van der Waals surface area contributed by atoms with Crippen molar-refractivity contribution in [1.82, 2.24) is 9.80 Å². The van der Waals surface area contributed by atoms with Crippen molar-refractivity contribution in [3.8, 4) is 0 Å². The highest BCUT2D eigenvalue weighted by atomic mass is 35.5. The molecule has 3 nitrogen and oxygen atoms in total. The van der Waals surface area contributed by atoms with Crippen LogP contribution in [-0.2, 0) is 4.79 Å². The topological polar surface area (TPSA) is 23.6 Å². The van der Waals surface area contributed by atoms with Gasteiger partial charge in [-0.25, -0.2) is 0 Å². The number of rotatable bonds is 2. The van der Waals surface area contributed by atoms with E-state index in [9.17, 15) is 4.79 Å². The average Bonchev–Trinajstić information content (AvgIpc) is 2.57. The summed E-state index contributed by atoms with van der Waals surface area (Å²) in [5.74, 6) is 0.249. The van der Waals surface area contributed by atoms with Gasteiger partial charge in [0.1, 0.15) is 0 Å². The molecule has 4 heteroatoms. The molecule has 0 radical (unpaired) electrons. The number of carbonyl (C=O) groups is 1. The Kier molecular flexibility index (Phi) is 3.75. The number of alkyl halides is 1. The first kappa shape index (κ1) is 12.2. The first-order valence-electron chi connectivity index (χ1n) is 6.19. The summed E-state index contributed by atoms with van der Waals surface area (Å²) in [5.41, 5.74) is 0. The average molecular weight is 245 g/mol. The Morgan fingerprint density at radius 2 is 2.00 bits per heavy atom. The molecule has 2 fully saturated rings. The number of likely N-dealkylation sites (tertiary alicyclic amines) is 1. The fraction of sp³-hybridized carbons (Fsp3) is 0.917. The lowest BCUT2D eigenvalue weighted by Crippen LogP contribution is -2.51. The van der Waals surface area contributed by atoms with Gasteiger partial charge in [-0.3, -0.25) is 4.79 Å². The first-order chi connectivity index (χ1) is 7.59. The maximum atomic E-state index is 11.9. The number of amides is 1. The highest BCUT2D eigenvalue weighted by molar-refractivity contribution is 6.22. The van der Waals surface area contributed by atoms with Gasteiger partial charge in [-0.2, -0.15) is 0 Å². The van der Waals surface area contributed by atoms with Crippen LogP contribution in [0.15, 0.2) is 0 Å². The zero-order valence-corrected chi connectivity index (χ0v) is 10.9. The molecule has 92 valence electrons. The van der Waals surface area contributed by atoms with Crippen molar-refractivity contribution in [3.05, 3.63) is 0 Å². The fourth-order valence-electron chi connectivity index (χ4n) is 3.06. The van der Waals surface area contributed by atoms with E-state index in [1.807, 2.05) is 4.90 Å². The van der Waals surface area contributed by atoms with Crippen molar-refractivity contribution in [3.63, 3.8) is 0 Å². The highest BCUT2D eigenvalue weighted by Crippen LogP contribution is 2.30. The molecule has 0 spiro atoms. The van der Waals surface area contributed by atoms with Gasteiger partial charge < -0.3 is 9.80 Å². The molecule has 1 aliphatic carbocycles. The molecular formula is C12H21ClN2O. The van der Waals surface area contributed by atoms with Gasteiger partial charge in [-0.15, -0.1) is 11.6 Å². The Morgan fingerprint density at radius 1 is 1.31 bits per heavy atom. The summed E-state index contributed by atoms with van der Waals surface area (Å²) in [4.78, 5) is 16.2. The Bertz CT molecular complexity index is 270. The molecule has 0 N–H and O–H groups in total. The maximum absolute atomic E-state index is 11.9. The number of hydrogen-bond donors (Lipinski definition) is 0. The van der Waals surface area contributed by atoms with E-state index < -0.39 is 0 Å². The Hall–Kier alpha value is -0.280. The molecule has 2 aliphatic rings. The normalized spacial score (nSPS) is 36.1. The van der Waals surface area contributed by atoms with Crippen molar-refractivity contribution in [1.29, 1.82) is 0 Å². The van der Waals surface area contributed by atoms with Crippen LogP contribution in [0.5, 0.6) is 0 Å². The zero-order chi connectivity index (χ0) is 11.7. The van der Waals surface area contributed by atoms with Gasteiger partial charge in [0.15, 0.2) is 0 Å². The lowest BCUT2D eigenvalue weighted by Gasteiger charge is -2.41. The van der Waals surface area contributed by atoms with E-state index in [2.05, 4.69) is 19.0 Å². The third kappa shape index (κ3) is 2.35. The lowest BCUT2D eigenvalue weighted by molar-refractivity contribution is -0.131. The van der Waals surface area contributed by atoms with Crippen LogP contribution in [0.2, 0.25) is 0 Å². The van der Waals surface area contributed by atoms with Crippen LogP contribution >= 0.6 is 11.6 Å². The summed E-state index contributed by atoms with van der Waals surface area (Å²) in [6.07, 6.45) is 5.39. The molecule has 1 saturated heterocycles. The Balaban J connectivity index is 2.08. The first-order valence-corrected chi connectivity index (χ1v) is 6.63. The van der Waals surface area contributed by atoms with Gasteiger partial charge in [-0.05, 0) is 26.9 Å². The van der Waals surface area contributed by atoms with Gasteiger partial charge in [0, 0.05) is 25.0 Å². The molecule has 0 aromatic rings. The Labute approximate surface area is 103 Å². The number of likely N-dealkylation sites (N-methyl/N-ethyl adjacent to an activating group) is 1. The number of hydrogen-bond acceptors (Lipinski definition) is 2. The molecule has 0 aromatic heterocycles. The predicted octanol–water partition coefficient (Wildman–Crippen LogP) is 1.70. The van der Waals surface area contributed by atoms with E-state index in [-0.39, 0.29) is 11.3 Å². The molecule has 1 unspecified atom stereocenters. The number of halogens is 1. The van der Waals surface area contributed by atoms with Crippen molar-refractivity contribution in [2.75, 3.05) is 20.6 Å². The van der Waals surface area contributed by atoms with Gasteiger partial charge >= 0.3 is 0 Å². The van der Waals surface area contributed by atoms with E-state index in [0.717, 1.165) is 13.0 Å². The van der Waals surface area contributed by atoms with Crippen LogP contribution in [0.1, 0.15) is 32.1 Å². The minimum Gasteiger partial charge on any atom is -0.337 e. The molecule has 16 heavy (non-hydrogen) atoms. The predicted molar refractivity (Wildman–Crippen MR) is 65.7 cm³/mol. The van der Waals surface area contributed by atoms with E-state index in [4.69, 9.17) is 11.6 Å². The summed E-state index contributed by atoms with van der Waals surface area (Å²) in [6, 6.07) is 0.902. The molecule has 2 rings (SSSR count). The molecule has 1 saturated carbocycles. The molecule has 1 heterocycles. The minimum absolute atomic E-state index is 0.0252. The summed E-state index contributed by atoms with van der Waals surface area (Å²) in [5, 5.41) is 0.0252. The van der Waals surface area contributed by atoms with Gasteiger partial charge in [0.2, 0.25) is 5.91 Å². The van der Waals surface area contributed by atoms with Gasteiger partial charge in [0.25, 0.3) is 0 Å². The smallest absolute Gasteiger partial charge is 0.224 e. The molecule has 0 bridgehead atoms. The number of carbonyl (C=O) groups excluding carboxylic acids is 1. The monoisotopic (exact) mass is 244 g/mol. The maximum Gasteiger partial charge on any atom is 0.224 e. The van der Waals surface area contributed by atoms with Crippen molar-refractivity contribution >= 4 is 17.5 Å². The van der Waals surface area contributed by atoms with E-state index >= 15 is 0 Å². The van der Waals surface area contributed by atoms with Crippen LogP contribution in [0, 0.1) is 0 Å². The number of nitrogens with zero attached hydrogens (tertiary/aromatic N) is 2. The summed E-state index contributed by atoms with van der Waals surface area (Å²) >= 11 is 6.07. The van der Waals surface area contributed by atoms with Crippen LogP contribution < -0.4 is 0 Å². The van der Waals surface area contributed by atoms with E-state index in [1.165, 1.54) is 19.3 Å². The molecule has 3 atom stereocenters. The second kappa shape index (κ2) is 4.92. The summed E-state index contributed by atoms with van der Waals surface area (Å²) < 4.78 is 0. The second-order valence-corrected chi connectivity index (χ2v) is 5.85. The minimum atomic E-state index is 0.0252. The van der Waals surface area contributed by atoms with Crippen LogP contribution in [0.3, 0.4) is 0 Å². The van der Waals surface area contributed by atoms with Crippen molar-refractivity contribution in [2.45, 2.75) is 49.6 Å². The van der Waals surface area contributed by atoms with Gasteiger partial charge in [0.05, 0.1) is 5.38 Å².